The van der Waals surface area contributed by atoms with E-state index in [1.165, 1.54) is 6.33 Å². The van der Waals surface area contributed by atoms with Gasteiger partial charge in [-0.1, -0.05) is 0 Å². The number of hydrogen-bond acceptors (Lipinski definition) is 4. The van der Waals surface area contributed by atoms with E-state index >= 15 is 0 Å². The number of likely N-dealkylation sites (N-methyl/N-ethyl adjacent to an activating group) is 1. The first kappa shape index (κ1) is 10.3. The van der Waals surface area contributed by atoms with Gasteiger partial charge in [0.2, 0.25) is 0 Å². The molecule has 0 bridgehead atoms. The lowest BCUT2D eigenvalue weighted by Gasteiger charge is -2.18. The summed E-state index contributed by atoms with van der Waals surface area (Å²) < 4.78 is 13.7. The molecular formula is C10H15FN4. The Kier molecular flexibility index (Phi) is 2.81. The van der Waals surface area contributed by atoms with E-state index in [0.29, 0.717) is 17.6 Å². The number of anilines is 1. The van der Waals surface area contributed by atoms with Gasteiger partial charge in [0, 0.05) is 19.1 Å². The highest BCUT2D eigenvalue weighted by atomic mass is 19.1. The molecule has 1 saturated heterocycles. The van der Waals surface area contributed by atoms with Crippen LogP contribution >= 0.6 is 0 Å². The first-order chi connectivity index (χ1) is 7.22. The molecule has 4 nitrogen and oxygen atoms in total. The minimum atomic E-state index is -0.297. The largest absolute Gasteiger partial charge is 0.352 e. The van der Waals surface area contributed by atoms with Gasteiger partial charge in [0.15, 0.2) is 11.6 Å². The molecule has 15 heavy (non-hydrogen) atoms. The van der Waals surface area contributed by atoms with E-state index in [9.17, 15) is 4.39 Å². The van der Waals surface area contributed by atoms with E-state index < -0.39 is 0 Å². The molecule has 0 amide bonds. The number of aromatic nitrogens is 2. The second kappa shape index (κ2) is 4.10. The Labute approximate surface area is 88.5 Å². The summed E-state index contributed by atoms with van der Waals surface area (Å²) in [4.78, 5) is 9.79. The van der Waals surface area contributed by atoms with E-state index in [4.69, 9.17) is 0 Å². The predicted molar refractivity (Wildman–Crippen MR) is 56.4 cm³/mol. The first-order valence-corrected chi connectivity index (χ1v) is 5.11. The highest BCUT2D eigenvalue weighted by molar-refractivity contribution is 5.42. The minimum absolute atomic E-state index is 0.297. The van der Waals surface area contributed by atoms with E-state index in [1.807, 2.05) is 11.9 Å². The Hall–Kier alpha value is -1.23. The maximum atomic E-state index is 13.7. The average Bonchev–Trinajstić information content (AvgIpc) is 2.70. The number of nitrogens with zero attached hydrogens (tertiary/aromatic N) is 3. The molecule has 5 heteroatoms. The summed E-state index contributed by atoms with van der Waals surface area (Å²) in [6.07, 6.45) is 2.44. The quantitative estimate of drug-likeness (QED) is 0.781. The molecule has 0 spiro atoms. The highest BCUT2D eigenvalue weighted by Gasteiger charge is 2.24. The van der Waals surface area contributed by atoms with Crippen molar-refractivity contribution in [2.75, 3.05) is 25.0 Å². The molecule has 1 aromatic rings. The molecule has 1 aliphatic rings. The van der Waals surface area contributed by atoms with Gasteiger partial charge in [-0.25, -0.2) is 14.4 Å². The lowest BCUT2D eigenvalue weighted by Crippen LogP contribution is -2.30. The third-order valence-corrected chi connectivity index (χ3v) is 2.84. The van der Waals surface area contributed by atoms with Crippen LogP contribution in [-0.4, -0.2) is 36.1 Å². The zero-order valence-corrected chi connectivity index (χ0v) is 9.00. The van der Waals surface area contributed by atoms with Crippen molar-refractivity contribution in [1.82, 2.24) is 15.3 Å². The number of aryl methyl sites for hydroxylation is 1. The summed E-state index contributed by atoms with van der Waals surface area (Å²) in [5, 5.41) is 3.19. The number of hydrogen-bond donors (Lipinski definition) is 1. The van der Waals surface area contributed by atoms with Gasteiger partial charge in [-0.3, -0.25) is 0 Å². The van der Waals surface area contributed by atoms with E-state index in [-0.39, 0.29) is 5.82 Å². The third kappa shape index (κ3) is 1.92. The fourth-order valence-electron chi connectivity index (χ4n) is 1.85. The first-order valence-electron chi connectivity index (χ1n) is 5.11. The Bertz CT molecular complexity index is 355. The summed E-state index contributed by atoms with van der Waals surface area (Å²) in [6, 6.07) is 0.430. The zero-order valence-electron chi connectivity index (χ0n) is 9.00. The SMILES string of the molecule is CNC1CCN(c2ncnc(C)c2F)C1. The molecule has 2 heterocycles. The lowest BCUT2D eigenvalue weighted by atomic mass is 10.3. The number of rotatable bonds is 2. The van der Waals surface area contributed by atoms with Crippen LogP contribution in [0.5, 0.6) is 0 Å². The van der Waals surface area contributed by atoms with Crippen LogP contribution in [0, 0.1) is 12.7 Å². The Morgan fingerprint density at radius 1 is 1.53 bits per heavy atom. The zero-order chi connectivity index (χ0) is 10.8. The Balaban J connectivity index is 2.20. The van der Waals surface area contributed by atoms with Crippen LogP contribution in [0.4, 0.5) is 10.2 Å². The molecule has 0 aromatic carbocycles. The molecule has 0 radical (unpaired) electrons. The number of nitrogens with one attached hydrogen (secondary N) is 1. The van der Waals surface area contributed by atoms with E-state index in [2.05, 4.69) is 15.3 Å². The summed E-state index contributed by atoms with van der Waals surface area (Å²) in [5.41, 5.74) is 0.410. The van der Waals surface area contributed by atoms with Crippen LogP contribution < -0.4 is 10.2 Å². The van der Waals surface area contributed by atoms with Crippen molar-refractivity contribution in [1.29, 1.82) is 0 Å². The molecule has 1 unspecified atom stereocenters. The standard InChI is InChI=1S/C10H15FN4/c1-7-9(11)10(14-6-13-7)15-4-3-8(5-15)12-2/h6,8,12H,3-5H2,1-2H3. The van der Waals surface area contributed by atoms with Crippen molar-refractivity contribution < 1.29 is 4.39 Å². The molecule has 1 fully saturated rings. The molecule has 0 aliphatic carbocycles. The van der Waals surface area contributed by atoms with Gasteiger partial charge in [0.05, 0.1) is 5.69 Å². The Morgan fingerprint density at radius 2 is 2.33 bits per heavy atom. The average molecular weight is 210 g/mol. The molecule has 1 aliphatic heterocycles. The fraction of sp³-hybridized carbons (Fsp3) is 0.600. The van der Waals surface area contributed by atoms with Gasteiger partial charge in [-0.2, -0.15) is 0 Å². The second-order valence-corrected chi connectivity index (χ2v) is 3.82. The topological polar surface area (TPSA) is 41.0 Å². The van der Waals surface area contributed by atoms with Gasteiger partial charge in [0.1, 0.15) is 6.33 Å². The monoisotopic (exact) mass is 210 g/mol. The summed E-state index contributed by atoms with van der Waals surface area (Å²) >= 11 is 0. The van der Waals surface area contributed by atoms with Crippen molar-refractivity contribution in [3.8, 4) is 0 Å². The normalized spacial score (nSPS) is 21.0. The van der Waals surface area contributed by atoms with Crippen LogP contribution in [0.25, 0.3) is 0 Å². The van der Waals surface area contributed by atoms with Gasteiger partial charge >= 0.3 is 0 Å². The Morgan fingerprint density at radius 3 is 3.00 bits per heavy atom. The van der Waals surface area contributed by atoms with Gasteiger partial charge in [0.25, 0.3) is 0 Å². The predicted octanol–water partition coefficient (Wildman–Crippen LogP) is 0.722. The van der Waals surface area contributed by atoms with Crippen LogP contribution in [0.15, 0.2) is 6.33 Å². The summed E-state index contributed by atoms with van der Waals surface area (Å²) in [7, 11) is 1.93. The van der Waals surface area contributed by atoms with Gasteiger partial charge in [-0.05, 0) is 20.4 Å². The van der Waals surface area contributed by atoms with Crippen LogP contribution in [-0.2, 0) is 0 Å². The smallest absolute Gasteiger partial charge is 0.186 e. The van der Waals surface area contributed by atoms with Crippen LogP contribution in [0.3, 0.4) is 0 Å². The maximum absolute atomic E-state index is 13.7. The maximum Gasteiger partial charge on any atom is 0.186 e. The molecule has 82 valence electrons. The summed E-state index contributed by atoms with van der Waals surface area (Å²) in [6.45, 7) is 3.31. The molecule has 1 N–H and O–H groups in total. The minimum Gasteiger partial charge on any atom is -0.352 e. The lowest BCUT2D eigenvalue weighted by molar-refractivity contribution is 0.591. The van der Waals surface area contributed by atoms with Gasteiger partial charge in [-0.15, -0.1) is 0 Å². The van der Waals surface area contributed by atoms with Gasteiger partial charge < -0.3 is 10.2 Å². The van der Waals surface area contributed by atoms with Crippen LogP contribution in [0.2, 0.25) is 0 Å². The van der Waals surface area contributed by atoms with Crippen LogP contribution in [0.1, 0.15) is 12.1 Å². The molecule has 2 rings (SSSR count). The van der Waals surface area contributed by atoms with Crippen molar-refractivity contribution in [3.05, 3.63) is 17.8 Å². The fourth-order valence-corrected chi connectivity index (χ4v) is 1.85. The van der Waals surface area contributed by atoms with E-state index in [0.717, 1.165) is 19.5 Å². The van der Waals surface area contributed by atoms with Crippen molar-refractivity contribution in [3.63, 3.8) is 0 Å². The highest BCUT2D eigenvalue weighted by Crippen LogP contribution is 2.21. The van der Waals surface area contributed by atoms with Crippen molar-refractivity contribution in [2.45, 2.75) is 19.4 Å². The number of halogens is 1. The second-order valence-electron chi connectivity index (χ2n) is 3.82. The molecular weight excluding hydrogens is 195 g/mol. The van der Waals surface area contributed by atoms with Crippen molar-refractivity contribution >= 4 is 5.82 Å². The van der Waals surface area contributed by atoms with E-state index in [1.54, 1.807) is 6.92 Å². The summed E-state index contributed by atoms with van der Waals surface area (Å²) in [5.74, 6) is 0.134. The third-order valence-electron chi connectivity index (χ3n) is 2.84. The molecule has 1 atom stereocenters. The van der Waals surface area contributed by atoms with Crippen molar-refractivity contribution in [2.24, 2.45) is 0 Å². The molecule has 0 saturated carbocycles. The molecule has 1 aromatic heterocycles.